The highest BCUT2D eigenvalue weighted by atomic mass is 35.5. The molecule has 6 nitrogen and oxygen atoms in total. The largest absolute Gasteiger partial charge is 0.463 e. The van der Waals surface area contributed by atoms with Crippen LogP contribution in [-0.4, -0.2) is 17.1 Å². The first-order chi connectivity index (χ1) is 20.3. The minimum absolute atomic E-state index is 0.176. The first-order valence-electron chi connectivity index (χ1n) is 13.2. The van der Waals surface area contributed by atoms with Gasteiger partial charge < -0.3 is 9.15 Å². The van der Waals surface area contributed by atoms with Crippen LogP contribution in [0.3, 0.4) is 0 Å². The van der Waals surface area contributed by atoms with Crippen molar-refractivity contribution in [2.45, 2.75) is 19.9 Å². The Morgan fingerprint density at radius 2 is 1.79 bits per heavy atom. The number of ether oxygens (including phenoxy) is 1. The van der Waals surface area contributed by atoms with Crippen molar-refractivity contribution in [1.29, 1.82) is 0 Å². The summed E-state index contributed by atoms with van der Waals surface area (Å²) >= 11 is 13.7. The molecule has 1 aliphatic heterocycles. The van der Waals surface area contributed by atoms with Crippen molar-refractivity contribution in [2.75, 3.05) is 6.61 Å². The van der Waals surface area contributed by atoms with Gasteiger partial charge in [0.2, 0.25) is 0 Å². The second-order valence-corrected chi connectivity index (χ2v) is 11.5. The Morgan fingerprint density at radius 3 is 2.50 bits per heavy atom. The van der Waals surface area contributed by atoms with E-state index in [9.17, 15) is 9.59 Å². The molecule has 1 atom stereocenters. The lowest BCUT2D eigenvalue weighted by Crippen LogP contribution is -2.39. The van der Waals surface area contributed by atoms with E-state index in [1.54, 1.807) is 35.8 Å². The first-order valence-corrected chi connectivity index (χ1v) is 14.8. The van der Waals surface area contributed by atoms with Gasteiger partial charge in [0.1, 0.15) is 11.5 Å². The van der Waals surface area contributed by atoms with Crippen molar-refractivity contribution < 1.29 is 13.9 Å². The van der Waals surface area contributed by atoms with Gasteiger partial charge in [0.25, 0.3) is 5.56 Å². The zero-order chi connectivity index (χ0) is 29.4. The van der Waals surface area contributed by atoms with Crippen molar-refractivity contribution >= 4 is 52.3 Å². The van der Waals surface area contributed by atoms with Crippen LogP contribution in [-0.2, 0) is 9.53 Å². The monoisotopic (exact) mass is 614 g/mol. The highest BCUT2D eigenvalue weighted by Gasteiger charge is 2.35. The molecule has 6 rings (SSSR count). The summed E-state index contributed by atoms with van der Waals surface area (Å²) < 4.78 is 13.5. The molecule has 0 saturated heterocycles. The molecule has 0 spiro atoms. The van der Waals surface area contributed by atoms with Crippen molar-refractivity contribution in [3.05, 3.63) is 143 Å². The molecule has 0 radical (unpaired) electrons. The standard InChI is InChI=1S/C33H24Cl2N2O4S/c1-3-40-32(39)28-29(20-7-5-4-6-8-20)36-33-37(30(28)21-11-13-23(34)14-12-21)31(38)27(42-33)18-24-15-16-26(41-24)22-10-9-19(2)25(35)17-22/h4-18,30H,3H2,1-2H3/b27-18-/t30-/m0/s1. The summed E-state index contributed by atoms with van der Waals surface area (Å²) in [4.78, 5) is 32.9. The van der Waals surface area contributed by atoms with E-state index in [0.717, 1.165) is 16.7 Å². The highest BCUT2D eigenvalue weighted by molar-refractivity contribution is 7.07. The van der Waals surface area contributed by atoms with Crippen molar-refractivity contribution in [2.24, 2.45) is 4.99 Å². The van der Waals surface area contributed by atoms with Gasteiger partial charge in [0.15, 0.2) is 4.80 Å². The Bertz CT molecular complexity index is 2020. The topological polar surface area (TPSA) is 73.8 Å². The summed E-state index contributed by atoms with van der Waals surface area (Å²) in [6.45, 7) is 3.86. The lowest BCUT2D eigenvalue weighted by atomic mass is 9.93. The molecule has 5 aromatic rings. The SMILES string of the molecule is CCOC(=O)C1=C(c2ccccc2)N=c2s/c(=C\c3ccc(-c4ccc(C)c(Cl)c4)o3)c(=O)n2[C@H]1c1ccc(Cl)cc1. The number of hydrogen-bond acceptors (Lipinski definition) is 6. The molecule has 0 aliphatic carbocycles. The fraction of sp³-hybridized carbons (Fsp3) is 0.121. The van der Waals surface area contributed by atoms with E-state index in [-0.39, 0.29) is 17.7 Å². The molecule has 42 heavy (non-hydrogen) atoms. The number of aromatic nitrogens is 1. The van der Waals surface area contributed by atoms with Gasteiger partial charge in [0, 0.05) is 27.2 Å². The van der Waals surface area contributed by atoms with Crippen LogP contribution in [0.15, 0.2) is 105 Å². The number of thiazole rings is 1. The molecule has 0 amide bonds. The number of nitrogens with zero attached hydrogens (tertiary/aromatic N) is 2. The summed E-state index contributed by atoms with van der Waals surface area (Å²) in [5.41, 5.74) is 3.68. The molecule has 9 heteroatoms. The predicted molar refractivity (Wildman–Crippen MR) is 166 cm³/mol. The van der Waals surface area contributed by atoms with Gasteiger partial charge in [-0.3, -0.25) is 9.36 Å². The molecule has 3 aromatic carbocycles. The van der Waals surface area contributed by atoms with Crippen LogP contribution in [0.25, 0.3) is 23.1 Å². The third-order valence-electron chi connectivity index (χ3n) is 6.92. The van der Waals surface area contributed by atoms with Crippen LogP contribution in [0.2, 0.25) is 10.0 Å². The summed E-state index contributed by atoms with van der Waals surface area (Å²) in [7, 11) is 0. The van der Waals surface area contributed by atoms with E-state index in [1.165, 1.54) is 11.3 Å². The summed E-state index contributed by atoms with van der Waals surface area (Å²) in [6.07, 6.45) is 1.69. The average Bonchev–Trinajstić information content (AvgIpc) is 3.59. The normalized spacial score (nSPS) is 15.0. The Labute approximate surface area is 255 Å². The smallest absolute Gasteiger partial charge is 0.338 e. The summed E-state index contributed by atoms with van der Waals surface area (Å²) in [5, 5.41) is 1.19. The lowest BCUT2D eigenvalue weighted by molar-refractivity contribution is -0.138. The molecule has 210 valence electrons. The zero-order valence-corrected chi connectivity index (χ0v) is 25.0. The van der Waals surface area contributed by atoms with E-state index in [1.807, 2.05) is 73.7 Å². The molecular weight excluding hydrogens is 591 g/mol. The van der Waals surface area contributed by atoms with Crippen LogP contribution < -0.4 is 14.9 Å². The number of carbonyl (C=O) groups is 1. The van der Waals surface area contributed by atoms with Crippen molar-refractivity contribution in [3.8, 4) is 11.3 Å². The fourth-order valence-corrected chi connectivity index (χ4v) is 6.15. The van der Waals surface area contributed by atoms with Crippen LogP contribution in [0.4, 0.5) is 0 Å². The van der Waals surface area contributed by atoms with Crippen LogP contribution >= 0.6 is 34.5 Å². The second kappa shape index (κ2) is 11.6. The van der Waals surface area contributed by atoms with Gasteiger partial charge in [-0.25, -0.2) is 9.79 Å². The number of furan rings is 1. The Hall–Kier alpha value is -4.17. The van der Waals surface area contributed by atoms with Crippen LogP contribution in [0, 0.1) is 6.92 Å². The van der Waals surface area contributed by atoms with Gasteiger partial charge >= 0.3 is 5.97 Å². The van der Waals surface area contributed by atoms with Crippen LogP contribution in [0.1, 0.15) is 35.4 Å². The number of rotatable bonds is 6. The van der Waals surface area contributed by atoms with Gasteiger partial charge in [-0.2, -0.15) is 0 Å². The Kier molecular flexibility index (Phi) is 7.73. The summed E-state index contributed by atoms with van der Waals surface area (Å²) in [6, 6.07) is 25.1. The minimum Gasteiger partial charge on any atom is -0.463 e. The maximum Gasteiger partial charge on any atom is 0.338 e. The molecule has 0 N–H and O–H groups in total. The number of aryl methyl sites for hydroxylation is 1. The second-order valence-electron chi connectivity index (χ2n) is 9.65. The first kappa shape index (κ1) is 28.0. The molecule has 3 heterocycles. The molecule has 0 fully saturated rings. The predicted octanol–water partition coefficient (Wildman–Crippen LogP) is 6.81. The molecule has 0 saturated carbocycles. The summed E-state index contributed by atoms with van der Waals surface area (Å²) in [5.74, 6) is 0.593. The quantitative estimate of drug-likeness (QED) is 0.197. The number of esters is 1. The molecule has 0 bridgehead atoms. The maximum absolute atomic E-state index is 14.0. The maximum atomic E-state index is 14.0. The third kappa shape index (κ3) is 5.27. The Morgan fingerprint density at radius 1 is 1.02 bits per heavy atom. The number of halogens is 2. The van der Waals surface area contributed by atoms with E-state index in [2.05, 4.69) is 0 Å². The number of fused-ring (bicyclic) bond motifs is 1. The van der Waals surface area contributed by atoms with Crippen molar-refractivity contribution in [3.63, 3.8) is 0 Å². The molecular formula is C33H24Cl2N2O4S. The lowest BCUT2D eigenvalue weighted by Gasteiger charge is -2.25. The number of carbonyl (C=O) groups excluding carboxylic acids is 1. The van der Waals surface area contributed by atoms with Crippen LogP contribution in [0.5, 0.6) is 0 Å². The minimum atomic E-state index is -0.781. The van der Waals surface area contributed by atoms with E-state index in [0.29, 0.717) is 42.2 Å². The van der Waals surface area contributed by atoms with E-state index < -0.39 is 12.0 Å². The zero-order valence-electron chi connectivity index (χ0n) is 22.6. The fourth-order valence-electron chi connectivity index (χ4n) is 4.86. The highest BCUT2D eigenvalue weighted by Crippen LogP contribution is 2.35. The molecule has 1 aliphatic rings. The van der Waals surface area contributed by atoms with Gasteiger partial charge in [-0.15, -0.1) is 0 Å². The molecule has 2 aromatic heterocycles. The number of benzene rings is 3. The Balaban J connectivity index is 1.55. The number of hydrogen-bond donors (Lipinski definition) is 0. The average molecular weight is 616 g/mol. The van der Waals surface area contributed by atoms with Crippen molar-refractivity contribution in [1.82, 2.24) is 4.57 Å². The molecule has 0 unspecified atom stereocenters. The van der Waals surface area contributed by atoms with Gasteiger partial charge in [0.05, 0.1) is 28.5 Å². The van der Waals surface area contributed by atoms with E-state index >= 15 is 0 Å². The van der Waals surface area contributed by atoms with Gasteiger partial charge in [-0.1, -0.05) is 89.1 Å². The van der Waals surface area contributed by atoms with E-state index in [4.69, 9.17) is 37.3 Å². The van der Waals surface area contributed by atoms with Gasteiger partial charge in [-0.05, 0) is 55.3 Å². The third-order valence-corrected chi connectivity index (χ3v) is 8.56.